The van der Waals surface area contributed by atoms with E-state index in [9.17, 15) is 5.11 Å². The van der Waals surface area contributed by atoms with Crippen molar-refractivity contribution >= 4 is 41.5 Å². The molecule has 0 fully saturated rings. The maximum absolute atomic E-state index is 12.2. The Labute approximate surface area is 339 Å². The summed E-state index contributed by atoms with van der Waals surface area (Å²) in [7, 11) is -3.98. The van der Waals surface area contributed by atoms with E-state index in [0.29, 0.717) is 84.7 Å². The average Bonchev–Trinajstić information content (AvgIpc) is 3.08. The van der Waals surface area contributed by atoms with Gasteiger partial charge >= 0.3 is 0 Å². The van der Waals surface area contributed by atoms with Crippen LogP contribution >= 0.6 is 0 Å². The molecule has 55 heavy (non-hydrogen) atoms. The molecule has 0 aliphatic carbocycles. The van der Waals surface area contributed by atoms with E-state index in [4.69, 9.17) is 27.5 Å². The van der Waals surface area contributed by atoms with Gasteiger partial charge in [0, 0.05) is 5.39 Å². The first kappa shape index (κ1) is 47.5. The molecule has 0 aromatic heterocycles. The van der Waals surface area contributed by atoms with Gasteiger partial charge in [-0.05, 0) is 80.2 Å². The smallest absolute Gasteiger partial charge is 0.201 e. The SMILES string of the molecule is COc1ccc(OC)c2c(O)c(C3=C[C@@H](O[Si](C(C)C)(C(C)C)C(C)C)[C@H](O[Si](C(C)C)(C(C)C)C(C)C)[C@@H](CO[Si](C(C)C)(C(C)C)C(C)C)O3)ccc12. The van der Waals surface area contributed by atoms with Crippen molar-refractivity contribution in [1.82, 2.24) is 0 Å². The minimum absolute atomic E-state index is 0.0860. The number of benzene rings is 2. The zero-order chi connectivity index (χ0) is 42.0. The molecule has 314 valence electrons. The molecule has 1 aliphatic rings. The molecule has 10 heteroatoms. The molecule has 0 unspecified atom stereocenters. The van der Waals surface area contributed by atoms with Crippen molar-refractivity contribution in [3.63, 3.8) is 0 Å². The molecule has 1 N–H and O–H groups in total. The third kappa shape index (κ3) is 8.80. The number of hydrogen-bond donors (Lipinski definition) is 1. The van der Waals surface area contributed by atoms with Crippen LogP contribution in [0, 0.1) is 0 Å². The van der Waals surface area contributed by atoms with E-state index in [2.05, 4.69) is 131 Å². The van der Waals surface area contributed by atoms with E-state index in [-0.39, 0.29) is 5.75 Å². The maximum atomic E-state index is 12.2. The molecule has 1 aliphatic heterocycles. The molecule has 0 saturated carbocycles. The van der Waals surface area contributed by atoms with Gasteiger partial charge in [0.05, 0.1) is 37.9 Å². The zero-order valence-corrected chi connectivity index (χ0v) is 41.4. The lowest BCUT2D eigenvalue weighted by Crippen LogP contribution is -2.61. The molecule has 1 heterocycles. The van der Waals surface area contributed by atoms with Crippen LogP contribution in [0.15, 0.2) is 30.3 Å². The van der Waals surface area contributed by atoms with Crippen molar-refractivity contribution in [2.24, 2.45) is 0 Å². The number of methoxy groups -OCH3 is 2. The van der Waals surface area contributed by atoms with Crippen molar-refractivity contribution in [2.75, 3.05) is 20.8 Å². The summed E-state index contributed by atoms with van der Waals surface area (Å²) in [5.74, 6) is 1.89. The molecule has 3 atom stereocenters. The minimum Gasteiger partial charge on any atom is -0.506 e. The Morgan fingerprint density at radius 3 is 1.40 bits per heavy atom. The third-order valence-corrected chi connectivity index (χ3v) is 31.6. The van der Waals surface area contributed by atoms with Crippen molar-refractivity contribution in [1.29, 1.82) is 0 Å². The molecule has 7 nitrogen and oxygen atoms in total. The monoisotopic (exact) mass is 817 g/mol. The van der Waals surface area contributed by atoms with Crippen LogP contribution in [0.5, 0.6) is 17.2 Å². The summed E-state index contributed by atoms with van der Waals surface area (Å²) in [5.41, 5.74) is 3.98. The summed E-state index contributed by atoms with van der Waals surface area (Å²) in [5, 5.41) is 13.6. The van der Waals surface area contributed by atoms with Crippen molar-refractivity contribution in [3.8, 4) is 17.2 Å². The molecule has 0 amide bonds. The highest BCUT2D eigenvalue weighted by molar-refractivity contribution is 6.78. The van der Waals surface area contributed by atoms with Crippen LogP contribution < -0.4 is 9.47 Å². The van der Waals surface area contributed by atoms with Gasteiger partial charge in [0.1, 0.15) is 35.2 Å². The first-order chi connectivity index (χ1) is 25.5. The van der Waals surface area contributed by atoms with Gasteiger partial charge in [0.15, 0.2) is 0 Å². The number of phenolic OH excluding ortho intramolecular Hbond substituents is 1. The van der Waals surface area contributed by atoms with Crippen molar-refractivity contribution < 1.29 is 32.6 Å². The minimum atomic E-state index is -2.47. The Bertz CT molecular complexity index is 1510. The molecule has 0 radical (unpaired) electrons. The van der Waals surface area contributed by atoms with Gasteiger partial charge in [0.25, 0.3) is 0 Å². The van der Waals surface area contributed by atoms with E-state index >= 15 is 0 Å². The number of rotatable bonds is 19. The summed E-state index contributed by atoms with van der Waals surface area (Å²) >= 11 is 0. The Morgan fingerprint density at radius 2 is 0.982 bits per heavy atom. The van der Waals surface area contributed by atoms with Gasteiger partial charge in [-0.1, -0.05) is 125 Å². The number of ether oxygens (including phenoxy) is 3. The largest absolute Gasteiger partial charge is 0.506 e. The van der Waals surface area contributed by atoms with Crippen molar-refractivity contribution in [3.05, 3.63) is 35.9 Å². The van der Waals surface area contributed by atoms with Gasteiger partial charge in [-0.2, -0.15) is 0 Å². The Hall–Kier alpha value is -1.83. The van der Waals surface area contributed by atoms with Crippen LogP contribution in [-0.4, -0.2) is 69.2 Å². The molecule has 3 rings (SSSR count). The second-order valence-electron chi connectivity index (χ2n) is 19.0. The standard InChI is InChI=1S/C45H80O7Si3/c1-27(2)53(28(3)4,29(5)6)49-26-42-45(52-55(33(13)14,34(15)16)35(17)18)41(51-54(30(7)8,31(9)10)32(11)12)25-40(50-42)37-22-21-36-38(47-19)23-24-39(48-20)43(36)44(37)46/h21-25,27-35,41-42,45-46H,26H2,1-20H3/t41-,42-,45+/m1/s1. The quantitative estimate of drug-likeness (QED) is 0.142. The summed E-state index contributed by atoms with van der Waals surface area (Å²) in [6, 6.07) is 7.62. The lowest BCUT2D eigenvalue weighted by Gasteiger charge is -2.52. The van der Waals surface area contributed by atoms with Crippen LogP contribution in [0.1, 0.15) is 130 Å². The fourth-order valence-corrected chi connectivity index (χ4v) is 27.7. The fraction of sp³-hybridized carbons (Fsp3) is 0.733. The van der Waals surface area contributed by atoms with Crippen LogP contribution in [-0.2, 0) is 18.0 Å². The molecule has 0 bridgehead atoms. The molecule has 0 saturated heterocycles. The topological polar surface area (TPSA) is 75.6 Å². The Morgan fingerprint density at radius 1 is 0.564 bits per heavy atom. The molecule has 2 aromatic carbocycles. The lowest BCUT2D eigenvalue weighted by atomic mass is 9.98. The number of phenols is 1. The molecule has 2 aromatic rings. The van der Waals surface area contributed by atoms with E-state index < -0.39 is 43.3 Å². The second-order valence-corrected chi connectivity index (χ2v) is 35.2. The van der Waals surface area contributed by atoms with E-state index in [1.165, 1.54) is 0 Å². The fourth-order valence-electron chi connectivity index (χ4n) is 11.2. The molecular weight excluding hydrogens is 737 g/mol. The highest BCUT2D eigenvalue weighted by Gasteiger charge is 2.55. The van der Waals surface area contributed by atoms with E-state index in [1.807, 2.05) is 24.3 Å². The van der Waals surface area contributed by atoms with Crippen LogP contribution in [0.4, 0.5) is 0 Å². The van der Waals surface area contributed by atoms with Gasteiger partial charge in [-0.25, -0.2) is 0 Å². The van der Waals surface area contributed by atoms with E-state index in [1.54, 1.807) is 14.2 Å². The number of hydrogen-bond acceptors (Lipinski definition) is 7. The lowest BCUT2D eigenvalue weighted by molar-refractivity contribution is -0.0620. The predicted molar refractivity (Wildman–Crippen MR) is 240 cm³/mol. The number of fused-ring (bicyclic) bond motifs is 1. The van der Waals surface area contributed by atoms with Crippen LogP contribution in [0.25, 0.3) is 16.5 Å². The van der Waals surface area contributed by atoms with Crippen molar-refractivity contribution in [2.45, 2.75) is 193 Å². The summed E-state index contributed by atoms with van der Waals surface area (Å²) in [6.07, 6.45) is 0.828. The van der Waals surface area contributed by atoms with Gasteiger partial charge in [-0.15, -0.1) is 0 Å². The summed E-state index contributed by atoms with van der Waals surface area (Å²) in [4.78, 5) is 0. The third-order valence-electron chi connectivity index (χ3n) is 13.4. The Kier molecular flexibility index (Phi) is 16.3. The van der Waals surface area contributed by atoms with E-state index in [0.717, 1.165) is 5.39 Å². The summed E-state index contributed by atoms with van der Waals surface area (Å²) in [6.45, 7) is 42.5. The zero-order valence-electron chi connectivity index (χ0n) is 38.4. The number of aromatic hydroxyl groups is 1. The highest BCUT2D eigenvalue weighted by atomic mass is 28.4. The van der Waals surface area contributed by atoms with Gasteiger partial charge in [-0.3, -0.25) is 0 Å². The first-order valence-electron chi connectivity index (χ1n) is 21.3. The second kappa shape index (κ2) is 18.8. The maximum Gasteiger partial charge on any atom is 0.201 e. The highest BCUT2D eigenvalue weighted by Crippen LogP contribution is 2.51. The summed E-state index contributed by atoms with van der Waals surface area (Å²) < 4.78 is 41.9. The van der Waals surface area contributed by atoms with Gasteiger partial charge in [0.2, 0.25) is 25.0 Å². The predicted octanol–water partition coefficient (Wildman–Crippen LogP) is 13.6. The van der Waals surface area contributed by atoms with Gasteiger partial charge < -0.3 is 32.6 Å². The first-order valence-corrected chi connectivity index (χ1v) is 27.7. The van der Waals surface area contributed by atoms with Crippen LogP contribution in [0.2, 0.25) is 49.9 Å². The molecule has 0 spiro atoms. The van der Waals surface area contributed by atoms with Crippen LogP contribution in [0.3, 0.4) is 0 Å². The normalized spacial score (nSPS) is 19.0. The molecular formula is C45H80O7Si3. The average molecular weight is 817 g/mol. The Balaban J connectivity index is 2.47.